The van der Waals surface area contributed by atoms with E-state index in [0.717, 1.165) is 37.7 Å². The third-order valence-electron chi connectivity index (χ3n) is 3.38. The third-order valence-corrected chi connectivity index (χ3v) is 4.66. The molecule has 1 N–H and O–H groups in total. The fourth-order valence-corrected chi connectivity index (χ4v) is 3.38. The van der Waals surface area contributed by atoms with Crippen LogP contribution in [0.4, 0.5) is 0 Å². The smallest absolute Gasteiger partial charge is 0.0363 e. The summed E-state index contributed by atoms with van der Waals surface area (Å²) in [6, 6.07) is 9.28. The molecule has 0 saturated carbocycles. The highest BCUT2D eigenvalue weighted by Gasteiger charge is 2.15. The second-order valence-electron chi connectivity index (χ2n) is 5.48. The monoisotopic (exact) mass is 280 g/mol. The van der Waals surface area contributed by atoms with Gasteiger partial charge in [0, 0.05) is 54.5 Å². The Morgan fingerprint density at radius 2 is 1.95 bits per heavy atom. The molecule has 0 aliphatic carbocycles. The topological polar surface area (TPSA) is 32.3 Å². The van der Waals surface area contributed by atoms with Gasteiger partial charge in [0.1, 0.15) is 0 Å². The van der Waals surface area contributed by atoms with E-state index >= 15 is 0 Å². The van der Waals surface area contributed by atoms with E-state index in [1.807, 2.05) is 0 Å². The molecule has 106 valence electrons. The van der Waals surface area contributed by atoms with Gasteiger partial charge in [0.2, 0.25) is 0 Å². The van der Waals surface area contributed by atoms with Gasteiger partial charge in [-0.1, -0.05) is 38.1 Å². The van der Waals surface area contributed by atoms with Crippen LogP contribution in [0.2, 0.25) is 0 Å². The van der Waals surface area contributed by atoms with Crippen molar-refractivity contribution in [2.75, 3.05) is 24.6 Å². The van der Waals surface area contributed by atoms with Gasteiger partial charge in [0.05, 0.1) is 0 Å². The highest BCUT2D eigenvalue weighted by molar-refractivity contribution is 7.85. The highest BCUT2D eigenvalue weighted by atomic mass is 32.2. The van der Waals surface area contributed by atoms with Gasteiger partial charge in [0.25, 0.3) is 0 Å². The van der Waals surface area contributed by atoms with Gasteiger partial charge in [0.15, 0.2) is 0 Å². The first-order valence-corrected chi connectivity index (χ1v) is 8.51. The third kappa shape index (κ3) is 5.05. The summed E-state index contributed by atoms with van der Waals surface area (Å²) in [6.07, 6.45) is 0. The first kappa shape index (κ1) is 14.7. The summed E-state index contributed by atoms with van der Waals surface area (Å²) in [5, 5.41) is 3.44. The minimum absolute atomic E-state index is 0.515. The van der Waals surface area contributed by atoms with Crippen LogP contribution in [0.1, 0.15) is 25.0 Å². The maximum Gasteiger partial charge on any atom is 0.0363 e. The van der Waals surface area contributed by atoms with Crippen molar-refractivity contribution in [2.24, 2.45) is 0 Å². The van der Waals surface area contributed by atoms with E-state index in [2.05, 4.69) is 48.3 Å². The predicted molar refractivity (Wildman–Crippen MR) is 81.6 cm³/mol. The van der Waals surface area contributed by atoms with Crippen molar-refractivity contribution in [3.63, 3.8) is 0 Å². The quantitative estimate of drug-likeness (QED) is 0.892. The van der Waals surface area contributed by atoms with Crippen molar-refractivity contribution < 1.29 is 4.21 Å². The molecule has 1 fully saturated rings. The Hall–Kier alpha value is -0.710. The van der Waals surface area contributed by atoms with E-state index in [4.69, 9.17) is 0 Å². The van der Waals surface area contributed by atoms with Crippen LogP contribution in [-0.2, 0) is 23.9 Å². The Morgan fingerprint density at radius 3 is 2.63 bits per heavy atom. The van der Waals surface area contributed by atoms with Crippen molar-refractivity contribution in [3.05, 3.63) is 35.4 Å². The first-order valence-electron chi connectivity index (χ1n) is 7.02. The molecule has 1 aliphatic heterocycles. The summed E-state index contributed by atoms with van der Waals surface area (Å²) < 4.78 is 11.3. The average molecular weight is 280 g/mol. The molecule has 1 aromatic carbocycles. The molecule has 19 heavy (non-hydrogen) atoms. The van der Waals surface area contributed by atoms with Gasteiger partial charge in [-0.2, -0.15) is 0 Å². The molecular formula is C15H24N2OS. The van der Waals surface area contributed by atoms with E-state index in [0.29, 0.717) is 6.04 Å². The maximum absolute atomic E-state index is 11.3. The van der Waals surface area contributed by atoms with E-state index in [9.17, 15) is 4.21 Å². The fourth-order valence-electron chi connectivity index (χ4n) is 2.25. The lowest BCUT2D eigenvalue weighted by Crippen LogP contribution is -2.37. The second kappa shape index (κ2) is 7.17. The Balaban J connectivity index is 1.89. The van der Waals surface area contributed by atoms with Gasteiger partial charge in [-0.25, -0.2) is 0 Å². The number of hydrogen-bond acceptors (Lipinski definition) is 3. The molecule has 0 radical (unpaired) electrons. The molecule has 1 heterocycles. The summed E-state index contributed by atoms with van der Waals surface area (Å²) in [6.45, 7) is 8.15. The molecule has 3 nitrogen and oxygen atoms in total. The molecule has 1 aliphatic rings. The van der Waals surface area contributed by atoms with Crippen molar-refractivity contribution in [1.29, 1.82) is 0 Å². The summed E-state index contributed by atoms with van der Waals surface area (Å²) in [5.74, 6) is 1.66. The summed E-state index contributed by atoms with van der Waals surface area (Å²) in [7, 11) is -0.583. The molecular weight excluding hydrogens is 256 g/mol. The second-order valence-corrected chi connectivity index (χ2v) is 7.18. The zero-order valence-corrected chi connectivity index (χ0v) is 12.7. The maximum atomic E-state index is 11.3. The SMILES string of the molecule is CC(C)NCc1cccc(CN2CCS(=O)CC2)c1. The van der Waals surface area contributed by atoms with Crippen molar-refractivity contribution >= 4 is 10.8 Å². The van der Waals surface area contributed by atoms with Crippen molar-refractivity contribution in [2.45, 2.75) is 33.0 Å². The Bertz CT molecular complexity index is 424. The molecule has 0 spiro atoms. The molecule has 1 aromatic rings. The van der Waals surface area contributed by atoms with Crippen LogP contribution in [0.5, 0.6) is 0 Å². The van der Waals surface area contributed by atoms with Gasteiger partial charge < -0.3 is 5.32 Å². The number of benzene rings is 1. The summed E-state index contributed by atoms with van der Waals surface area (Å²) >= 11 is 0. The minimum Gasteiger partial charge on any atom is -0.310 e. The minimum atomic E-state index is -0.583. The summed E-state index contributed by atoms with van der Waals surface area (Å²) in [4.78, 5) is 2.40. The lowest BCUT2D eigenvalue weighted by atomic mass is 10.1. The Labute approximate surface area is 118 Å². The van der Waals surface area contributed by atoms with E-state index in [-0.39, 0.29) is 0 Å². The molecule has 0 unspecified atom stereocenters. The van der Waals surface area contributed by atoms with E-state index in [1.54, 1.807) is 0 Å². The Morgan fingerprint density at radius 1 is 1.26 bits per heavy atom. The number of rotatable bonds is 5. The lowest BCUT2D eigenvalue weighted by molar-refractivity contribution is 0.291. The number of nitrogens with one attached hydrogen (secondary N) is 1. The Kier molecular flexibility index (Phi) is 5.55. The number of hydrogen-bond donors (Lipinski definition) is 1. The van der Waals surface area contributed by atoms with Crippen molar-refractivity contribution in [1.82, 2.24) is 10.2 Å². The van der Waals surface area contributed by atoms with Crippen LogP contribution in [0.15, 0.2) is 24.3 Å². The first-order chi connectivity index (χ1) is 9.13. The molecule has 0 atom stereocenters. The van der Waals surface area contributed by atoms with Gasteiger partial charge in [-0.3, -0.25) is 9.11 Å². The van der Waals surface area contributed by atoms with Gasteiger partial charge in [-0.05, 0) is 11.1 Å². The zero-order chi connectivity index (χ0) is 13.7. The van der Waals surface area contributed by atoms with Crippen LogP contribution < -0.4 is 5.32 Å². The molecule has 2 rings (SSSR count). The molecule has 1 saturated heterocycles. The highest BCUT2D eigenvalue weighted by Crippen LogP contribution is 2.10. The van der Waals surface area contributed by atoms with Crippen LogP contribution in [0, 0.1) is 0 Å². The van der Waals surface area contributed by atoms with Crippen LogP contribution in [-0.4, -0.2) is 39.7 Å². The van der Waals surface area contributed by atoms with Gasteiger partial charge in [-0.15, -0.1) is 0 Å². The largest absolute Gasteiger partial charge is 0.310 e. The number of nitrogens with zero attached hydrogens (tertiary/aromatic N) is 1. The van der Waals surface area contributed by atoms with Crippen LogP contribution >= 0.6 is 0 Å². The lowest BCUT2D eigenvalue weighted by Gasteiger charge is -2.26. The van der Waals surface area contributed by atoms with Crippen LogP contribution in [0.3, 0.4) is 0 Å². The molecule has 0 aromatic heterocycles. The van der Waals surface area contributed by atoms with Crippen molar-refractivity contribution in [3.8, 4) is 0 Å². The molecule has 0 amide bonds. The van der Waals surface area contributed by atoms with E-state index in [1.165, 1.54) is 11.1 Å². The summed E-state index contributed by atoms with van der Waals surface area (Å²) in [5.41, 5.74) is 2.70. The van der Waals surface area contributed by atoms with Gasteiger partial charge >= 0.3 is 0 Å². The predicted octanol–water partition coefficient (Wildman–Crippen LogP) is 1.75. The normalized spacial score (nSPS) is 18.1. The molecule has 0 bridgehead atoms. The zero-order valence-electron chi connectivity index (χ0n) is 11.9. The van der Waals surface area contributed by atoms with Crippen LogP contribution in [0.25, 0.3) is 0 Å². The average Bonchev–Trinajstić information content (AvgIpc) is 2.40. The molecule has 4 heteroatoms. The standard InChI is InChI=1S/C15H24N2OS/c1-13(2)16-11-14-4-3-5-15(10-14)12-17-6-8-19(18)9-7-17/h3-5,10,13,16H,6-9,11-12H2,1-2H3. The van der Waals surface area contributed by atoms with E-state index < -0.39 is 10.8 Å². The fraction of sp³-hybridized carbons (Fsp3) is 0.600.